The lowest BCUT2D eigenvalue weighted by atomic mass is 10.2. The van der Waals surface area contributed by atoms with E-state index in [1.807, 2.05) is 31.4 Å². The van der Waals surface area contributed by atoms with Gasteiger partial charge < -0.3 is 0 Å². The fraction of sp³-hybridized carbons (Fsp3) is 0.222. The molecule has 142 valence electrons. The molecular formula is C18H19N3O3S3. The fourth-order valence-corrected chi connectivity index (χ4v) is 4.88. The van der Waals surface area contributed by atoms with Crippen molar-refractivity contribution in [2.24, 2.45) is 0 Å². The quantitative estimate of drug-likeness (QED) is 0.610. The molecule has 9 heteroatoms. The molecule has 0 aliphatic carbocycles. The number of nitrogens with zero attached hydrogens (tertiary/aromatic N) is 1. The lowest BCUT2D eigenvalue weighted by Gasteiger charge is -2.07. The van der Waals surface area contributed by atoms with E-state index in [0.29, 0.717) is 23.7 Å². The summed E-state index contributed by atoms with van der Waals surface area (Å²) in [6.07, 6.45) is 0.643. The van der Waals surface area contributed by atoms with Gasteiger partial charge in [0.25, 0.3) is 5.91 Å². The third kappa shape index (κ3) is 5.01. The second-order valence-corrected chi connectivity index (χ2v) is 9.87. The van der Waals surface area contributed by atoms with E-state index in [1.54, 1.807) is 11.3 Å². The molecule has 3 rings (SSSR count). The van der Waals surface area contributed by atoms with Crippen molar-refractivity contribution in [2.75, 3.05) is 11.9 Å². The SMILES string of the molecule is Cc1nc(NC(=O)c2ccc(S(=O)(=O)NCCc3cccs3)cc2)sc1C. The highest BCUT2D eigenvalue weighted by atomic mass is 32.2. The van der Waals surface area contributed by atoms with Gasteiger partial charge >= 0.3 is 0 Å². The molecule has 0 aliphatic rings. The molecule has 2 aromatic heterocycles. The number of nitrogens with one attached hydrogen (secondary N) is 2. The second-order valence-electron chi connectivity index (χ2n) is 5.87. The summed E-state index contributed by atoms with van der Waals surface area (Å²) in [5, 5.41) is 5.22. The molecule has 3 aromatic rings. The Morgan fingerprint density at radius 3 is 2.48 bits per heavy atom. The molecule has 0 saturated heterocycles. The van der Waals surface area contributed by atoms with Crippen molar-refractivity contribution in [3.8, 4) is 0 Å². The average Bonchev–Trinajstić information content (AvgIpc) is 3.25. The molecule has 0 fully saturated rings. The summed E-state index contributed by atoms with van der Waals surface area (Å²) in [6.45, 7) is 4.15. The number of aromatic nitrogens is 1. The minimum atomic E-state index is -3.60. The molecule has 1 aromatic carbocycles. The van der Waals surface area contributed by atoms with Crippen LogP contribution in [0.15, 0.2) is 46.7 Å². The Hall–Kier alpha value is -2.07. The summed E-state index contributed by atoms with van der Waals surface area (Å²) in [6, 6.07) is 9.76. The van der Waals surface area contributed by atoms with Gasteiger partial charge in [0.2, 0.25) is 10.0 Å². The first-order valence-electron chi connectivity index (χ1n) is 8.22. The maximum atomic E-state index is 12.4. The van der Waals surface area contributed by atoms with Crippen LogP contribution in [0.25, 0.3) is 0 Å². The van der Waals surface area contributed by atoms with E-state index in [4.69, 9.17) is 0 Å². The Balaban J connectivity index is 1.62. The molecule has 27 heavy (non-hydrogen) atoms. The smallest absolute Gasteiger partial charge is 0.257 e. The van der Waals surface area contributed by atoms with Crippen LogP contribution in [0.3, 0.4) is 0 Å². The summed E-state index contributed by atoms with van der Waals surface area (Å²) in [4.78, 5) is 18.9. The highest BCUT2D eigenvalue weighted by Gasteiger charge is 2.15. The molecule has 0 radical (unpaired) electrons. The second kappa shape index (κ2) is 8.30. The van der Waals surface area contributed by atoms with Crippen molar-refractivity contribution < 1.29 is 13.2 Å². The van der Waals surface area contributed by atoms with Crippen molar-refractivity contribution in [1.29, 1.82) is 0 Å². The number of aryl methyl sites for hydroxylation is 2. The lowest BCUT2D eigenvalue weighted by Crippen LogP contribution is -2.26. The third-order valence-electron chi connectivity index (χ3n) is 3.92. The molecule has 2 heterocycles. The molecular weight excluding hydrogens is 402 g/mol. The van der Waals surface area contributed by atoms with Crippen LogP contribution in [0.4, 0.5) is 5.13 Å². The van der Waals surface area contributed by atoms with Crippen molar-refractivity contribution >= 4 is 43.7 Å². The summed E-state index contributed by atoms with van der Waals surface area (Å²) < 4.78 is 27.3. The number of carbonyl (C=O) groups is 1. The monoisotopic (exact) mass is 421 g/mol. The molecule has 2 N–H and O–H groups in total. The van der Waals surface area contributed by atoms with Crippen molar-refractivity contribution in [1.82, 2.24) is 9.71 Å². The molecule has 1 amide bonds. The Morgan fingerprint density at radius 2 is 1.89 bits per heavy atom. The highest BCUT2D eigenvalue weighted by Crippen LogP contribution is 2.22. The number of amides is 1. The van der Waals surface area contributed by atoms with Crippen LogP contribution in [-0.4, -0.2) is 25.9 Å². The van der Waals surface area contributed by atoms with Gasteiger partial charge in [-0.1, -0.05) is 6.07 Å². The van der Waals surface area contributed by atoms with E-state index in [9.17, 15) is 13.2 Å². The van der Waals surface area contributed by atoms with E-state index < -0.39 is 10.0 Å². The topological polar surface area (TPSA) is 88.2 Å². The Kier molecular flexibility index (Phi) is 6.05. The number of hydrogen-bond acceptors (Lipinski definition) is 6. The first-order valence-corrected chi connectivity index (χ1v) is 11.4. The Morgan fingerprint density at radius 1 is 1.15 bits per heavy atom. The van der Waals surface area contributed by atoms with Gasteiger partial charge in [-0.15, -0.1) is 22.7 Å². The molecule has 0 bridgehead atoms. The normalized spacial score (nSPS) is 11.5. The minimum Gasteiger partial charge on any atom is -0.298 e. The van der Waals surface area contributed by atoms with Gasteiger partial charge in [-0.2, -0.15) is 0 Å². The van der Waals surface area contributed by atoms with E-state index in [2.05, 4.69) is 15.0 Å². The van der Waals surface area contributed by atoms with Gasteiger partial charge in [0.15, 0.2) is 5.13 Å². The van der Waals surface area contributed by atoms with Gasteiger partial charge in [0, 0.05) is 21.9 Å². The van der Waals surface area contributed by atoms with Crippen LogP contribution in [-0.2, 0) is 16.4 Å². The standard InChI is InChI=1S/C18H19N3O3S3/c1-12-13(2)26-18(20-12)21-17(22)14-5-7-16(8-6-14)27(23,24)19-10-9-15-4-3-11-25-15/h3-8,11,19H,9-10H2,1-2H3,(H,20,21,22). The van der Waals surface area contributed by atoms with Crippen molar-refractivity contribution in [3.63, 3.8) is 0 Å². The number of sulfonamides is 1. The largest absolute Gasteiger partial charge is 0.298 e. The number of anilines is 1. The van der Waals surface area contributed by atoms with E-state index in [0.717, 1.165) is 15.4 Å². The maximum absolute atomic E-state index is 12.4. The van der Waals surface area contributed by atoms with Crippen LogP contribution in [0, 0.1) is 13.8 Å². The first kappa shape index (κ1) is 19.7. The molecule has 0 spiro atoms. The molecule has 0 saturated carbocycles. The number of thiophene rings is 1. The van der Waals surface area contributed by atoms with Crippen molar-refractivity contribution in [2.45, 2.75) is 25.2 Å². The summed E-state index contributed by atoms with van der Waals surface area (Å²) in [5.74, 6) is -0.321. The summed E-state index contributed by atoms with van der Waals surface area (Å²) in [5.41, 5.74) is 1.25. The Bertz CT molecular complexity index is 1000. The average molecular weight is 422 g/mol. The van der Waals surface area contributed by atoms with E-state index >= 15 is 0 Å². The minimum absolute atomic E-state index is 0.131. The summed E-state index contributed by atoms with van der Waals surface area (Å²) >= 11 is 3.00. The van der Waals surface area contributed by atoms with Gasteiger partial charge in [-0.25, -0.2) is 18.1 Å². The van der Waals surface area contributed by atoms with Gasteiger partial charge in [0.05, 0.1) is 10.6 Å². The fourth-order valence-electron chi connectivity index (χ4n) is 2.33. The summed E-state index contributed by atoms with van der Waals surface area (Å²) in [7, 11) is -3.60. The van der Waals surface area contributed by atoms with Gasteiger partial charge in [-0.05, 0) is 56.0 Å². The number of hydrogen-bond donors (Lipinski definition) is 2. The zero-order valence-electron chi connectivity index (χ0n) is 14.9. The Labute approximate surface area is 166 Å². The van der Waals surface area contributed by atoms with Crippen LogP contribution >= 0.6 is 22.7 Å². The first-order chi connectivity index (χ1) is 12.8. The van der Waals surface area contributed by atoms with Crippen LogP contribution in [0.2, 0.25) is 0 Å². The zero-order chi connectivity index (χ0) is 19.4. The number of carbonyl (C=O) groups excluding carboxylic acids is 1. The van der Waals surface area contributed by atoms with E-state index in [-0.39, 0.29) is 10.8 Å². The van der Waals surface area contributed by atoms with Crippen LogP contribution in [0.1, 0.15) is 25.8 Å². The molecule has 0 unspecified atom stereocenters. The number of thiazole rings is 1. The molecule has 0 atom stereocenters. The van der Waals surface area contributed by atoms with Crippen molar-refractivity contribution in [3.05, 3.63) is 62.8 Å². The van der Waals surface area contributed by atoms with Crippen LogP contribution in [0.5, 0.6) is 0 Å². The number of benzene rings is 1. The molecule has 6 nitrogen and oxygen atoms in total. The predicted molar refractivity (Wildman–Crippen MR) is 109 cm³/mol. The predicted octanol–water partition coefficient (Wildman–Crippen LogP) is 3.59. The van der Waals surface area contributed by atoms with E-state index in [1.165, 1.54) is 35.6 Å². The third-order valence-corrected chi connectivity index (χ3v) is 7.32. The maximum Gasteiger partial charge on any atom is 0.257 e. The number of rotatable bonds is 7. The van der Waals surface area contributed by atoms with Crippen LogP contribution < -0.4 is 10.0 Å². The lowest BCUT2D eigenvalue weighted by molar-refractivity contribution is 0.102. The van der Waals surface area contributed by atoms with Gasteiger partial charge in [0.1, 0.15) is 0 Å². The zero-order valence-corrected chi connectivity index (χ0v) is 17.3. The highest BCUT2D eigenvalue weighted by molar-refractivity contribution is 7.89. The molecule has 0 aliphatic heterocycles. The van der Waals surface area contributed by atoms with Gasteiger partial charge in [-0.3, -0.25) is 10.1 Å².